The van der Waals surface area contributed by atoms with Gasteiger partial charge in [0.05, 0.1) is 19.5 Å². The van der Waals surface area contributed by atoms with E-state index < -0.39 is 18.1 Å². The third-order valence-electron chi connectivity index (χ3n) is 2.54. The number of nitrogens with one attached hydrogen (secondary N) is 1. The fourth-order valence-electron chi connectivity index (χ4n) is 1.44. The van der Waals surface area contributed by atoms with Crippen molar-refractivity contribution < 1.29 is 35.5 Å². The van der Waals surface area contributed by atoms with Gasteiger partial charge in [-0.1, -0.05) is 0 Å². The normalized spacial score (nSPS) is 13.6. The maximum absolute atomic E-state index is 13.0. The van der Waals surface area contributed by atoms with E-state index in [1.165, 1.54) is 12.1 Å². The summed E-state index contributed by atoms with van der Waals surface area (Å²) in [5.74, 6) is -5.73. The number of nitrogens with zero attached hydrogens (tertiary/aromatic N) is 1. The molecular formula is C13H11F7I2N2O. The molecule has 0 aromatic heterocycles. The highest BCUT2D eigenvalue weighted by Crippen LogP contribution is 2.45. The Morgan fingerprint density at radius 3 is 1.92 bits per heavy atom. The Balaban J connectivity index is 2.97. The first kappa shape index (κ1) is 22.5. The van der Waals surface area contributed by atoms with E-state index >= 15 is 0 Å². The van der Waals surface area contributed by atoms with Gasteiger partial charge in [-0.2, -0.15) is 35.8 Å². The van der Waals surface area contributed by atoms with Gasteiger partial charge in [0.15, 0.2) is 0 Å². The predicted molar refractivity (Wildman–Crippen MR) is 94.3 cm³/mol. The smallest absolute Gasteiger partial charge is 0.462 e. The monoisotopic (exact) mass is 598 g/mol. The zero-order valence-corrected chi connectivity index (χ0v) is 16.9. The lowest BCUT2D eigenvalue weighted by Crippen LogP contribution is -2.58. The summed E-state index contributed by atoms with van der Waals surface area (Å²) in [7, 11) is 0. The van der Waals surface area contributed by atoms with Gasteiger partial charge < -0.3 is 4.74 Å². The van der Waals surface area contributed by atoms with Gasteiger partial charge >= 0.3 is 18.1 Å². The molecule has 0 amide bonds. The van der Waals surface area contributed by atoms with E-state index in [2.05, 4.69) is 5.10 Å². The average Bonchev–Trinajstić information content (AvgIpc) is 2.41. The minimum absolute atomic E-state index is 0.119. The summed E-state index contributed by atoms with van der Waals surface area (Å²) in [5, 5.41) is 2.81. The lowest BCUT2D eigenvalue weighted by Gasteiger charge is -2.27. The van der Waals surface area contributed by atoms with Crippen LogP contribution in [0.4, 0.5) is 30.7 Å². The number of ether oxygens (including phenoxy) is 1. The van der Waals surface area contributed by atoms with Crippen LogP contribution < -0.4 is 10.2 Å². The van der Waals surface area contributed by atoms with Gasteiger partial charge in [-0.3, -0.25) is 0 Å². The van der Waals surface area contributed by atoms with E-state index in [4.69, 9.17) is 4.74 Å². The molecule has 1 N–H and O–H groups in total. The first-order chi connectivity index (χ1) is 11.2. The molecule has 0 saturated heterocycles. The van der Waals surface area contributed by atoms with E-state index in [-0.39, 0.29) is 11.7 Å². The molecule has 0 spiro atoms. The first-order valence-electron chi connectivity index (χ1n) is 6.47. The Bertz CT molecular complexity index is 625. The molecule has 142 valence electrons. The van der Waals surface area contributed by atoms with Crippen molar-refractivity contribution in [2.75, 3.05) is 0 Å². The van der Waals surface area contributed by atoms with Crippen LogP contribution in [0.15, 0.2) is 17.2 Å². The fraction of sp³-hybridized carbons (Fsp3) is 0.462. The average molecular weight is 598 g/mol. The predicted octanol–water partition coefficient (Wildman–Crippen LogP) is 5.40. The largest absolute Gasteiger partial charge is 0.489 e. The molecule has 0 unspecified atom stereocenters. The summed E-state index contributed by atoms with van der Waals surface area (Å²) < 4.78 is 94.2. The molecule has 0 aliphatic carbocycles. The van der Waals surface area contributed by atoms with Crippen LogP contribution in [0.1, 0.15) is 19.4 Å². The van der Waals surface area contributed by atoms with Crippen molar-refractivity contribution in [3.05, 3.63) is 24.8 Å². The lowest BCUT2D eigenvalue weighted by atomic mass is 10.2. The number of benzene rings is 1. The third-order valence-corrected chi connectivity index (χ3v) is 4.15. The fourth-order valence-corrected chi connectivity index (χ4v) is 3.51. The van der Waals surface area contributed by atoms with Gasteiger partial charge in [0.2, 0.25) is 0 Å². The van der Waals surface area contributed by atoms with Crippen LogP contribution in [0.25, 0.3) is 0 Å². The Labute approximate surface area is 165 Å². The second-order valence-electron chi connectivity index (χ2n) is 5.00. The van der Waals surface area contributed by atoms with E-state index in [1.807, 2.05) is 45.2 Å². The first-order valence-corrected chi connectivity index (χ1v) is 8.63. The second kappa shape index (κ2) is 8.00. The van der Waals surface area contributed by atoms with Crippen molar-refractivity contribution in [3.63, 3.8) is 0 Å². The molecule has 12 heteroatoms. The molecule has 0 atom stereocenters. The molecule has 0 radical (unpaired) electrons. The van der Waals surface area contributed by atoms with E-state index in [0.29, 0.717) is 24.5 Å². The Hall–Kier alpha value is -0.540. The molecule has 0 heterocycles. The van der Waals surface area contributed by atoms with Gasteiger partial charge in [-0.25, -0.2) is 5.43 Å². The number of alkyl halides is 7. The molecule has 3 nitrogen and oxygen atoms in total. The minimum atomic E-state index is -6.42. The quantitative estimate of drug-likeness (QED) is 0.157. The highest BCUT2D eigenvalue weighted by molar-refractivity contribution is 14.1. The highest BCUT2D eigenvalue weighted by Gasteiger charge is 2.73. The molecule has 0 fully saturated rings. The van der Waals surface area contributed by atoms with Gasteiger partial charge in [0, 0.05) is 0 Å². The van der Waals surface area contributed by atoms with Gasteiger partial charge in [-0.15, -0.1) is 0 Å². The number of rotatable bonds is 6. The molecular weight excluding hydrogens is 587 g/mol. The molecule has 1 aromatic rings. The lowest BCUT2D eigenvalue weighted by molar-refractivity contribution is -0.361. The number of hydrazone groups is 1. The zero-order chi connectivity index (χ0) is 19.6. The molecule has 0 saturated carbocycles. The van der Waals surface area contributed by atoms with Crippen molar-refractivity contribution in [2.24, 2.45) is 5.10 Å². The van der Waals surface area contributed by atoms with Crippen molar-refractivity contribution in [1.82, 2.24) is 5.43 Å². The van der Waals surface area contributed by atoms with E-state index in [0.717, 1.165) is 0 Å². The number of halogens is 9. The van der Waals surface area contributed by atoms with Crippen LogP contribution in [0.5, 0.6) is 5.75 Å². The van der Waals surface area contributed by atoms with Crippen LogP contribution in [0.2, 0.25) is 0 Å². The van der Waals surface area contributed by atoms with Gasteiger partial charge in [0.1, 0.15) is 5.75 Å². The van der Waals surface area contributed by atoms with Crippen molar-refractivity contribution >= 4 is 51.4 Å². The van der Waals surface area contributed by atoms with Crippen LogP contribution in [-0.4, -0.2) is 30.5 Å². The van der Waals surface area contributed by atoms with Crippen molar-refractivity contribution in [2.45, 2.75) is 38.1 Å². The summed E-state index contributed by atoms with van der Waals surface area (Å²) in [6, 6.07) is -2.69. The summed E-state index contributed by atoms with van der Waals surface area (Å²) in [6.07, 6.45) is -5.82. The maximum atomic E-state index is 13.0. The summed E-state index contributed by atoms with van der Waals surface area (Å²) in [5.41, 5.74) is 0.782. The second-order valence-corrected chi connectivity index (χ2v) is 7.32. The zero-order valence-electron chi connectivity index (χ0n) is 12.6. The number of hydrogen-bond acceptors (Lipinski definition) is 3. The summed E-state index contributed by atoms with van der Waals surface area (Å²) in [6.45, 7) is 3.60. The van der Waals surface area contributed by atoms with E-state index in [1.54, 1.807) is 13.8 Å². The summed E-state index contributed by atoms with van der Waals surface area (Å²) in [4.78, 5) is 0. The molecule has 1 rings (SSSR count). The highest BCUT2D eigenvalue weighted by atomic mass is 127. The number of hydrogen-bond donors (Lipinski definition) is 1. The molecule has 0 aliphatic heterocycles. The van der Waals surface area contributed by atoms with Gasteiger partial charge in [-0.05, 0) is 76.7 Å². The van der Waals surface area contributed by atoms with E-state index in [9.17, 15) is 30.7 Å². The summed E-state index contributed by atoms with van der Waals surface area (Å²) >= 11 is 3.81. The van der Waals surface area contributed by atoms with Crippen molar-refractivity contribution in [3.8, 4) is 5.75 Å². The Kier molecular flexibility index (Phi) is 7.20. The van der Waals surface area contributed by atoms with Crippen molar-refractivity contribution in [1.29, 1.82) is 0 Å². The molecule has 1 aromatic carbocycles. The van der Waals surface area contributed by atoms with Gasteiger partial charge in [0.25, 0.3) is 0 Å². The van der Waals surface area contributed by atoms with Crippen LogP contribution in [0, 0.1) is 7.14 Å². The Morgan fingerprint density at radius 1 is 1.04 bits per heavy atom. The molecule has 0 aliphatic rings. The molecule has 0 bridgehead atoms. The SMILES string of the molecule is CC(C)Oc1c(I)cc(/C=N\NC(F)(F)C(F)(F)C(F)(F)F)cc1I. The van der Waals surface area contributed by atoms with Crippen LogP contribution >= 0.6 is 45.2 Å². The molecule has 25 heavy (non-hydrogen) atoms. The van der Waals surface area contributed by atoms with Crippen LogP contribution in [-0.2, 0) is 0 Å². The topological polar surface area (TPSA) is 33.6 Å². The Morgan fingerprint density at radius 2 is 1.52 bits per heavy atom. The minimum Gasteiger partial charge on any atom is -0.489 e. The third kappa shape index (κ3) is 5.47. The standard InChI is InChI=1S/C13H11F7I2N2O/c1-6(2)25-10-8(21)3-7(4-9(10)22)5-23-24-13(19,20)11(14,15)12(16,17)18/h3-6,24H,1-2H3/b23-5-. The van der Waals surface area contributed by atoms with Crippen LogP contribution in [0.3, 0.4) is 0 Å². The maximum Gasteiger partial charge on any atom is 0.462 e.